The van der Waals surface area contributed by atoms with Crippen molar-refractivity contribution in [3.8, 4) is 0 Å². The van der Waals surface area contributed by atoms with E-state index in [1.807, 2.05) is 37.3 Å². The van der Waals surface area contributed by atoms with Crippen molar-refractivity contribution in [3.63, 3.8) is 0 Å². The van der Waals surface area contributed by atoms with Crippen LogP contribution in [0.4, 0.5) is 17.3 Å². The number of benzene rings is 1. The summed E-state index contributed by atoms with van der Waals surface area (Å²) < 4.78 is 0. The number of aryl methyl sites for hydroxylation is 1. The first kappa shape index (κ1) is 11.4. The van der Waals surface area contributed by atoms with Gasteiger partial charge in [0.2, 0.25) is 0 Å². The van der Waals surface area contributed by atoms with E-state index in [0.717, 1.165) is 22.3 Å². The Bertz CT molecular complexity index is 739. The third kappa shape index (κ3) is 2.18. The molecule has 19 heavy (non-hydrogen) atoms. The van der Waals surface area contributed by atoms with Crippen LogP contribution in [-0.4, -0.2) is 15.0 Å². The molecule has 0 saturated heterocycles. The van der Waals surface area contributed by atoms with E-state index in [0.29, 0.717) is 11.6 Å². The summed E-state index contributed by atoms with van der Waals surface area (Å²) in [4.78, 5) is 12.7. The fourth-order valence-corrected chi connectivity index (χ4v) is 1.98. The van der Waals surface area contributed by atoms with Crippen molar-refractivity contribution in [2.75, 3.05) is 11.1 Å². The molecule has 0 saturated carbocycles. The average Bonchev–Trinajstić information content (AvgIpc) is 2.41. The normalized spacial score (nSPS) is 10.6. The van der Waals surface area contributed by atoms with Gasteiger partial charge in [-0.15, -0.1) is 0 Å². The Morgan fingerprint density at radius 3 is 2.74 bits per heavy atom. The van der Waals surface area contributed by atoms with Gasteiger partial charge in [-0.3, -0.25) is 4.98 Å². The molecule has 0 spiro atoms. The highest BCUT2D eigenvalue weighted by Crippen LogP contribution is 2.26. The lowest BCUT2D eigenvalue weighted by atomic mass is 10.1. The van der Waals surface area contributed by atoms with Crippen LogP contribution in [0.25, 0.3) is 10.9 Å². The van der Waals surface area contributed by atoms with Crippen molar-refractivity contribution in [3.05, 3.63) is 48.4 Å². The molecule has 0 atom stereocenters. The molecule has 0 bridgehead atoms. The number of nitrogens with two attached hydrogens (primary N) is 1. The number of hydrogen-bond donors (Lipinski definition) is 2. The van der Waals surface area contributed by atoms with Crippen molar-refractivity contribution < 1.29 is 0 Å². The Morgan fingerprint density at radius 2 is 1.89 bits per heavy atom. The lowest BCUT2D eigenvalue weighted by Gasteiger charge is -2.10. The van der Waals surface area contributed by atoms with Gasteiger partial charge in [-0.05, 0) is 19.1 Å². The zero-order valence-corrected chi connectivity index (χ0v) is 10.5. The molecule has 5 heteroatoms. The summed E-state index contributed by atoms with van der Waals surface area (Å²) >= 11 is 0. The molecule has 1 aromatic carbocycles. The second kappa shape index (κ2) is 4.53. The van der Waals surface area contributed by atoms with Crippen molar-refractivity contribution in [2.45, 2.75) is 6.92 Å². The molecule has 0 aliphatic rings. The number of fused-ring (bicyclic) bond motifs is 1. The molecule has 3 aromatic rings. The fraction of sp³-hybridized carbons (Fsp3) is 0.0714. The molecule has 3 rings (SSSR count). The Hall–Kier alpha value is -2.69. The highest BCUT2D eigenvalue weighted by Gasteiger charge is 2.06. The zero-order valence-electron chi connectivity index (χ0n) is 10.5. The highest BCUT2D eigenvalue weighted by molar-refractivity contribution is 5.93. The van der Waals surface area contributed by atoms with Crippen LogP contribution in [-0.2, 0) is 0 Å². The van der Waals surface area contributed by atoms with E-state index in [-0.39, 0.29) is 0 Å². The van der Waals surface area contributed by atoms with Gasteiger partial charge in [0.1, 0.15) is 0 Å². The van der Waals surface area contributed by atoms with Crippen molar-refractivity contribution in [2.24, 2.45) is 0 Å². The van der Waals surface area contributed by atoms with Gasteiger partial charge < -0.3 is 11.1 Å². The molecule has 2 heterocycles. The Kier molecular flexibility index (Phi) is 2.72. The maximum Gasteiger partial charge on any atom is 0.173 e. The number of rotatable bonds is 2. The molecule has 5 nitrogen and oxygen atoms in total. The zero-order chi connectivity index (χ0) is 13.2. The van der Waals surface area contributed by atoms with E-state index >= 15 is 0 Å². The minimum atomic E-state index is 0.376. The topological polar surface area (TPSA) is 76.7 Å². The van der Waals surface area contributed by atoms with E-state index in [1.165, 1.54) is 0 Å². The smallest absolute Gasteiger partial charge is 0.173 e. The number of para-hydroxylation sites is 1. The standard InChI is InChI=1S/C14H13N5/c1-9-8-12(10-4-2-3-5-11(10)18-9)19-14-13(15)16-6-7-17-14/h2-8H,1H3,(H2,15,16)(H,17,18,19). The van der Waals surface area contributed by atoms with E-state index in [1.54, 1.807) is 12.4 Å². The third-order valence-electron chi connectivity index (χ3n) is 2.82. The summed E-state index contributed by atoms with van der Waals surface area (Å²) in [7, 11) is 0. The van der Waals surface area contributed by atoms with E-state index in [4.69, 9.17) is 5.73 Å². The number of aromatic nitrogens is 3. The Labute approximate surface area is 110 Å². The predicted octanol–water partition coefficient (Wildman–Crippen LogP) is 2.66. The summed E-state index contributed by atoms with van der Waals surface area (Å²) in [5.41, 5.74) is 8.60. The monoisotopic (exact) mass is 251 g/mol. The summed E-state index contributed by atoms with van der Waals surface area (Å²) in [5.74, 6) is 0.930. The second-order valence-electron chi connectivity index (χ2n) is 4.24. The third-order valence-corrected chi connectivity index (χ3v) is 2.82. The van der Waals surface area contributed by atoms with Gasteiger partial charge in [-0.1, -0.05) is 18.2 Å². The number of hydrogen-bond acceptors (Lipinski definition) is 5. The highest BCUT2D eigenvalue weighted by atomic mass is 15.1. The second-order valence-corrected chi connectivity index (χ2v) is 4.24. The van der Waals surface area contributed by atoms with Crippen molar-refractivity contribution in [1.82, 2.24) is 15.0 Å². The molecule has 0 fully saturated rings. The molecule has 0 amide bonds. The first-order valence-corrected chi connectivity index (χ1v) is 5.94. The SMILES string of the molecule is Cc1cc(Nc2nccnc2N)c2ccccc2n1. The van der Waals surface area contributed by atoms with E-state index in [9.17, 15) is 0 Å². The minimum absolute atomic E-state index is 0.376. The van der Waals surface area contributed by atoms with Gasteiger partial charge in [-0.2, -0.15) is 0 Å². The largest absolute Gasteiger partial charge is 0.381 e. The molecule has 0 unspecified atom stereocenters. The predicted molar refractivity (Wildman–Crippen MR) is 76.2 cm³/mol. The number of nitrogens with one attached hydrogen (secondary N) is 1. The van der Waals surface area contributed by atoms with Crippen LogP contribution < -0.4 is 11.1 Å². The van der Waals surface area contributed by atoms with Crippen molar-refractivity contribution in [1.29, 1.82) is 0 Å². The van der Waals surface area contributed by atoms with Crippen molar-refractivity contribution >= 4 is 28.2 Å². The van der Waals surface area contributed by atoms with Gasteiger partial charge in [0, 0.05) is 23.5 Å². The van der Waals surface area contributed by atoms with E-state index < -0.39 is 0 Å². The number of nitrogens with zero attached hydrogens (tertiary/aromatic N) is 3. The van der Waals surface area contributed by atoms with Crippen LogP contribution in [0.5, 0.6) is 0 Å². The first-order valence-electron chi connectivity index (χ1n) is 5.94. The summed E-state index contributed by atoms with van der Waals surface area (Å²) in [5, 5.41) is 4.24. The summed E-state index contributed by atoms with van der Waals surface area (Å²) in [6, 6.07) is 9.90. The summed E-state index contributed by atoms with van der Waals surface area (Å²) in [6.07, 6.45) is 3.17. The molecule has 0 aliphatic heterocycles. The quantitative estimate of drug-likeness (QED) is 0.732. The Morgan fingerprint density at radius 1 is 1.11 bits per heavy atom. The van der Waals surface area contributed by atoms with Crippen LogP contribution >= 0.6 is 0 Å². The summed E-state index contributed by atoms with van der Waals surface area (Å²) in [6.45, 7) is 1.96. The lowest BCUT2D eigenvalue weighted by Crippen LogP contribution is -2.02. The minimum Gasteiger partial charge on any atom is -0.381 e. The number of anilines is 3. The lowest BCUT2D eigenvalue weighted by molar-refractivity contribution is 1.20. The van der Waals surface area contributed by atoms with Gasteiger partial charge in [-0.25, -0.2) is 9.97 Å². The molecular weight excluding hydrogens is 238 g/mol. The maximum absolute atomic E-state index is 5.80. The van der Waals surface area contributed by atoms with Crippen LogP contribution in [0.2, 0.25) is 0 Å². The molecule has 3 N–H and O–H groups in total. The average molecular weight is 251 g/mol. The molecular formula is C14H13N5. The van der Waals surface area contributed by atoms with Gasteiger partial charge in [0.15, 0.2) is 11.6 Å². The van der Waals surface area contributed by atoms with Gasteiger partial charge in [0.25, 0.3) is 0 Å². The fourth-order valence-electron chi connectivity index (χ4n) is 1.98. The molecule has 0 radical (unpaired) electrons. The first-order chi connectivity index (χ1) is 9.24. The molecule has 0 aliphatic carbocycles. The van der Waals surface area contributed by atoms with Crippen LogP contribution in [0.1, 0.15) is 5.69 Å². The van der Waals surface area contributed by atoms with Crippen LogP contribution in [0.15, 0.2) is 42.7 Å². The maximum atomic E-state index is 5.80. The van der Waals surface area contributed by atoms with Crippen LogP contribution in [0, 0.1) is 6.92 Å². The molecule has 2 aromatic heterocycles. The van der Waals surface area contributed by atoms with Gasteiger partial charge in [0.05, 0.1) is 11.2 Å². The number of pyridine rings is 1. The van der Waals surface area contributed by atoms with Gasteiger partial charge >= 0.3 is 0 Å². The van der Waals surface area contributed by atoms with E-state index in [2.05, 4.69) is 20.3 Å². The number of nitrogen functional groups attached to an aromatic ring is 1. The molecule has 94 valence electrons. The van der Waals surface area contributed by atoms with Crippen LogP contribution in [0.3, 0.4) is 0 Å². The Balaban J connectivity index is 2.13.